The number of halogens is 2. The monoisotopic (exact) mass is 258 g/mol. The van der Waals surface area contributed by atoms with Crippen LogP contribution in [0.15, 0.2) is 18.2 Å². The lowest BCUT2D eigenvalue weighted by Gasteiger charge is -2.11. The average molecular weight is 258 g/mol. The van der Waals surface area contributed by atoms with E-state index in [1.54, 1.807) is 12.1 Å². The smallest absolute Gasteiger partial charge is 0.205 e. The molecule has 1 aromatic carbocycles. The van der Waals surface area contributed by atoms with E-state index in [2.05, 4.69) is 13.8 Å². The van der Waals surface area contributed by atoms with Crippen LogP contribution in [-0.2, 0) is 6.42 Å². The molecule has 106 valence electrons. The zero-order valence-corrected chi connectivity index (χ0v) is 12.8. The molecule has 2 heteroatoms. The molecule has 0 aliphatic carbocycles. The Hall–Kier alpha value is -0.920. The summed E-state index contributed by atoms with van der Waals surface area (Å²) in [6.07, 6.45) is -1.69. The van der Waals surface area contributed by atoms with Gasteiger partial charge in [-0.15, -0.1) is 0 Å². The molecule has 0 saturated carbocycles. The molecule has 0 fully saturated rings. The number of hydrogen-bond acceptors (Lipinski definition) is 0. The summed E-state index contributed by atoms with van der Waals surface area (Å²) in [6, 6.07) is 5.25. The molecule has 0 aromatic heterocycles. The highest BCUT2D eigenvalue weighted by Crippen LogP contribution is 2.26. The Balaban J connectivity index is 0. The van der Waals surface area contributed by atoms with Gasteiger partial charge in [0.2, 0.25) is 0 Å². The molecule has 18 heavy (non-hydrogen) atoms. The minimum Gasteiger partial charge on any atom is -0.205 e. The molecule has 0 N–H and O–H groups in total. The van der Waals surface area contributed by atoms with E-state index in [1.165, 1.54) is 0 Å². The Morgan fingerprint density at radius 3 is 1.83 bits per heavy atom. The molecular weight excluding hydrogens is 230 g/mol. The second kappa shape index (κ2) is 11.2. The van der Waals surface area contributed by atoms with E-state index < -0.39 is 6.43 Å². The van der Waals surface area contributed by atoms with Gasteiger partial charge in [0.1, 0.15) is 0 Å². The molecule has 0 radical (unpaired) electrons. The molecule has 0 saturated heterocycles. The standard InChI is InChI=1S/C12H16F2.2C2H6/c1-4-9-7-10(8(2)3)5-6-11(9)12(13)14;2*1-2/h5-8,12H,4H2,1-3H3;2*1-2H3. The molecule has 0 spiro atoms. The van der Waals surface area contributed by atoms with Crippen LogP contribution in [0.4, 0.5) is 8.78 Å². The zero-order valence-electron chi connectivity index (χ0n) is 12.8. The molecular formula is C16H28F2. The number of benzene rings is 1. The van der Waals surface area contributed by atoms with Crippen LogP contribution < -0.4 is 0 Å². The Morgan fingerprint density at radius 1 is 1.00 bits per heavy atom. The normalized spacial score (nSPS) is 9.50. The quantitative estimate of drug-likeness (QED) is 0.591. The van der Waals surface area contributed by atoms with Crippen molar-refractivity contribution in [2.75, 3.05) is 0 Å². The lowest BCUT2D eigenvalue weighted by Crippen LogP contribution is -1.96. The van der Waals surface area contributed by atoms with E-state index in [0.29, 0.717) is 12.3 Å². The molecule has 0 amide bonds. The summed E-state index contributed by atoms with van der Waals surface area (Å²) >= 11 is 0. The third-order valence-corrected chi connectivity index (χ3v) is 2.45. The van der Waals surface area contributed by atoms with Gasteiger partial charge in [-0.3, -0.25) is 0 Å². The van der Waals surface area contributed by atoms with Crippen molar-refractivity contribution in [3.05, 3.63) is 34.9 Å². The third kappa shape index (κ3) is 6.13. The van der Waals surface area contributed by atoms with Gasteiger partial charge in [0.15, 0.2) is 0 Å². The fourth-order valence-electron chi connectivity index (χ4n) is 1.50. The van der Waals surface area contributed by atoms with Gasteiger partial charge in [-0.25, -0.2) is 8.78 Å². The third-order valence-electron chi connectivity index (χ3n) is 2.45. The predicted molar refractivity (Wildman–Crippen MR) is 77.6 cm³/mol. The van der Waals surface area contributed by atoms with E-state index in [4.69, 9.17) is 0 Å². The number of hydrogen-bond donors (Lipinski definition) is 0. The maximum absolute atomic E-state index is 12.5. The number of alkyl halides is 2. The molecule has 0 bridgehead atoms. The maximum atomic E-state index is 12.5. The van der Waals surface area contributed by atoms with Crippen LogP contribution in [0.3, 0.4) is 0 Å². The second-order valence-corrected chi connectivity index (χ2v) is 3.77. The van der Waals surface area contributed by atoms with Crippen molar-refractivity contribution in [3.8, 4) is 0 Å². The summed E-state index contributed by atoms with van der Waals surface area (Å²) in [6.45, 7) is 14.0. The van der Waals surface area contributed by atoms with Gasteiger partial charge >= 0.3 is 0 Å². The highest BCUT2D eigenvalue weighted by molar-refractivity contribution is 5.34. The maximum Gasteiger partial charge on any atom is 0.264 e. The second-order valence-electron chi connectivity index (χ2n) is 3.77. The SMILES string of the molecule is CC.CC.CCc1cc(C(C)C)ccc1C(F)F. The van der Waals surface area contributed by atoms with Crippen LogP contribution >= 0.6 is 0 Å². The minimum atomic E-state index is -2.36. The van der Waals surface area contributed by atoms with Crippen molar-refractivity contribution < 1.29 is 8.78 Å². The lowest BCUT2D eigenvalue weighted by atomic mass is 9.96. The fraction of sp³-hybridized carbons (Fsp3) is 0.625. The Morgan fingerprint density at radius 2 is 1.50 bits per heavy atom. The van der Waals surface area contributed by atoms with Crippen LogP contribution in [0.25, 0.3) is 0 Å². The Bertz CT molecular complexity index is 304. The summed E-state index contributed by atoms with van der Waals surface area (Å²) < 4.78 is 25.1. The van der Waals surface area contributed by atoms with Gasteiger partial charge in [-0.2, -0.15) is 0 Å². The van der Waals surface area contributed by atoms with Crippen LogP contribution in [0.2, 0.25) is 0 Å². The summed E-state index contributed by atoms with van der Waals surface area (Å²) in [5.74, 6) is 0.395. The highest BCUT2D eigenvalue weighted by atomic mass is 19.3. The molecule has 0 atom stereocenters. The van der Waals surface area contributed by atoms with Crippen LogP contribution in [0.1, 0.15) is 77.5 Å². The highest BCUT2D eigenvalue weighted by Gasteiger charge is 2.12. The Labute approximate surface area is 111 Å². The summed E-state index contributed by atoms with van der Waals surface area (Å²) in [4.78, 5) is 0. The molecule has 1 aromatic rings. The largest absolute Gasteiger partial charge is 0.264 e. The van der Waals surface area contributed by atoms with E-state index in [0.717, 1.165) is 11.1 Å². The van der Waals surface area contributed by atoms with Crippen molar-refractivity contribution >= 4 is 0 Å². The van der Waals surface area contributed by atoms with Crippen molar-refractivity contribution in [2.24, 2.45) is 0 Å². The molecule has 0 aliphatic heterocycles. The van der Waals surface area contributed by atoms with E-state index in [1.807, 2.05) is 40.7 Å². The van der Waals surface area contributed by atoms with Gasteiger partial charge in [0.05, 0.1) is 0 Å². The molecule has 0 heterocycles. The van der Waals surface area contributed by atoms with Gasteiger partial charge in [-0.1, -0.05) is 66.7 Å². The fourth-order valence-corrected chi connectivity index (χ4v) is 1.50. The van der Waals surface area contributed by atoms with Gasteiger partial charge in [-0.05, 0) is 23.5 Å². The Kier molecular flexibility index (Phi) is 12.1. The summed E-state index contributed by atoms with van der Waals surface area (Å²) in [5.41, 5.74) is 2.08. The van der Waals surface area contributed by atoms with Crippen molar-refractivity contribution in [1.82, 2.24) is 0 Å². The minimum absolute atomic E-state index is 0.178. The molecule has 1 rings (SSSR count). The number of aryl methyl sites for hydroxylation is 1. The summed E-state index contributed by atoms with van der Waals surface area (Å²) in [7, 11) is 0. The van der Waals surface area contributed by atoms with Crippen LogP contribution in [-0.4, -0.2) is 0 Å². The first kappa shape index (κ1) is 19.4. The zero-order chi connectivity index (χ0) is 14.7. The summed E-state index contributed by atoms with van der Waals surface area (Å²) in [5, 5.41) is 0. The lowest BCUT2D eigenvalue weighted by molar-refractivity contribution is 0.150. The van der Waals surface area contributed by atoms with Gasteiger partial charge < -0.3 is 0 Å². The molecule has 0 unspecified atom stereocenters. The topological polar surface area (TPSA) is 0 Å². The van der Waals surface area contributed by atoms with E-state index in [9.17, 15) is 8.78 Å². The van der Waals surface area contributed by atoms with Gasteiger partial charge in [0, 0.05) is 5.56 Å². The van der Waals surface area contributed by atoms with Gasteiger partial charge in [0.25, 0.3) is 6.43 Å². The molecule has 0 nitrogen and oxygen atoms in total. The number of rotatable bonds is 3. The van der Waals surface area contributed by atoms with Crippen LogP contribution in [0.5, 0.6) is 0 Å². The van der Waals surface area contributed by atoms with Crippen LogP contribution in [0, 0.1) is 0 Å². The van der Waals surface area contributed by atoms with E-state index >= 15 is 0 Å². The first-order chi connectivity index (χ1) is 8.56. The molecule has 0 aliphatic rings. The van der Waals surface area contributed by atoms with Crippen molar-refractivity contribution in [1.29, 1.82) is 0 Å². The first-order valence-corrected chi connectivity index (χ1v) is 6.97. The van der Waals surface area contributed by atoms with Crippen molar-refractivity contribution in [2.45, 2.75) is 67.2 Å². The van der Waals surface area contributed by atoms with Crippen molar-refractivity contribution in [3.63, 3.8) is 0 Å². The predicted octanol–water partition coefficient (Wildman–Crippen LogP) is 6.36. The van der Waals surface area contributed by atoms with E-state index in [-0.39, 0.29) is 5.56 Å². The first-order valence-electron chi connectivity index (χ1n) is 6.97. The average Bonchev–Trinajstić information content (AvgIpc) is 2.42.